The number of ether oxygens (including phenoxy) is 1. The normalized spacial score (nSPS) is 10.8. The number of halogens is 2. The number of carbonyl (C=O) groups excluding carboxylic acids is 1. The number of fused-ring (bicyclic) bond motifs is 1. The predicted molar refractivity (Wildman–Crippen MR) is 94.4 cm³/mol. The molecule has 3 rings (SSSR count). The molecule has 0 bridgehead atoms. The Morgan fingerprint density at radius 1 is 1.25 bits per heavy atom. The summed E-state index contributed by atoms with van der Waals surface area (Å²) in [7, 11) is 0. The zero-order valence-corrected chi connectivity index (χ0v) is 14.2. The quantitative estimate of drug-likeness (QED) is 0.634. The summed E-state index contributed by atoms with van der Waals surface area (Å²) in [5, 5.41) is 3.85. The molecular formula is C17H14ClFN2O2S. The third-order valence-corrected chi connectivity index (χ3v) is 4.41. The summed E-state index contributed by atoms with van der Waals surface area (Å²) in [5.74, 6) is 0.255. The Bertz CT molecular complexity index is 851. The van der Waals surface area contributed by atoms with Crippen molar-refractivity contribution in [2.75, 3.05) is 11.9 Å². The fraction of sp³-hybridized carbons (Fsp3) is 0.176. The van der Waals surface area contributed by atoms with E-state index >= 15 is 0 Å². The van der Waals surface area contributed by atoms with Crippen LogP contribution in [0.25, 0.3) is 10.2 Å². The van der Waals surface area contributed by atoms with Crippen LogP contribution >= 0.6 is 22.9 Å². The van der Waals surface area contributed by atoms with E-state index in [2.05, 4.69) is 10.3 Å². The van der Waals surface area contributed by atoms with Crippen LogP contribution in [0.15, 0.2) is 42.5 Å². The number of amides is 1. The van der Waals surface area contributed by atoms with Crippen molar-refractivity contribution in [3.05, 3.63) is 53.3 Å². The van der Waals surface area contributed by atoms with Crippen LogP contribution in [0.5, 0.6) is 5.75 Å². The Morgan fingerprint density at radius 3 is 2.83 bits per heavy atom. The van der Waals surface area contributed by atoms with Gasteiger partial charge in [-0.05, 0) is 48.9 Å². The van der Waals surface area contributed by atoms with Crippen LogP contribution in [0.3, 0.4) is 0 Å². The third kappa shape index (κ3) is 4.43. The number of thiazole rings is 1. The zero-order valence-electron chi connectivity index (χ0n) is 12.6. The van der Waals surface area contributed by atoms with Gasteiger partial charge in [0, 0.05) is 11.4 Å². The molecule has 0 atom stereocenters. The lowest BCUT2D eigenvalue weighted by molar-refractivity contribution is -0.116. The van der Waals surface area contributed by atoms with Crippen LogP contribution < -0.4 is 10.1 Å². The zero-order chi connectivity index (χ0) is 16.9. The summed E-state index contributed by atoms with van der Waals surface area (Å²) in [6.45, 7) is 0.431. The molecule has 3 aromatic rings. The fourth-order valence-electron chi connectivity index (χ4n) is 2.09. The van der Waals surface area contributed by atoms with Crippen LogP contribution in [-0.2, 0) is 4.79 Å². The van der Waals surface area contributed by atoms with Gasteiger partial charge in [0.05, 0.1) is 16.8 Å². The number of anilines is 1. The highest BCUT2D eigenvalue weighted by Crippen LogP contribution is 2.26. The standard InChI is InChI=1S/C17H14ClFN2O2S/c18-11-3-6-13(7-4-11)23-9-1-2-16(22)21-17-20-14-8-5-12(19)10-15(14)24-17/h3-8,10H,1-2,9H2,(H,20,21,22). The van der Waals surface area contributed by atoms with Gasteiger partial charge in [0.1, 0.15) is 11.6 Å². The van der Waals surface area contributed by atoms with Gasteiger partial charge in [0.2, 0.25) is 5.91 Å². The predicted octanol–water partition coefficient (Wildman–Crippen LogP) is 4.89. The van der Waals surface area contributed by atoms with Crippen LogP contribution in [-0.4, -0.2) is 17.5 Å². The van der Waals surface area contributed by atoms with Crippen LogP contribution in [0.4, 0.5) is 9.52 Å². The highest BCUT2D eigenvalue weighted by atomic mass is 35.5. The molecule has 0 spiro atoms. The highest BCUT2D eigenvalue weighted by molar-refractivity contribution is 7.22. The van der Waals surface area contributed by atoms with Crippen molar-refractivity contribution in [3.8, 4) is 5.75 Å². The summed E-state index contributed by atoms with van der Waals surface area (Å²) >= 11 is 7.05. The van der Waals surface area contributed by atoms with Gasteiger partial charge in [0.25, 0.3) is 0 Å². The van der Waals surface area contributed by atoms with Crippen molar-refractivity contribution in [2.45, 2.75) is 12.8 Å². The summed E-state index contributed by atoms with van der Waals surface area (Å²) < 4.78 is 19.4. The Kier molecular flexibility index (Phi) is 5.27. The van der Waals surface area contributed by atoms with Crippen molar-refractivity contribution in [1.29, 1.82) is 0 Å². The van der Waals surface area contributed by atoms with Crippen molar-refractivity contribution < 1.29 is 13.9 Å². The summed E-state index contributed by atoms with van der Waals surface area (Å²) in [4.78, 5) is 16.2. The third-order valence-electron chi connectivity index (χ3n) is 3.23. The van der Waals surface area contributed by atoms with Crippen molar-refractivity contribution in [2.24, 2.45) is 0 Å². The van der Waals surface area contributed by atoms with Gasteiger partial charge in [-0.25, -0.2) is 9.37 Å². The first-order valence-corrected chi connectivity index (χ1v) is 8.54. The Hall–Kier alpha value is -2.18. The number of hydrogen-bond acceptors (Lipinski definition) is 4. The molecule has 1 heterocycles. The molecule has 0 aliphatic rings. The maximum absolute atomic E-state index is 13.1. The van der Waals surface area contributed by atoms with Crippen LogP contribution in [0.1, 0.15) is 12.8 Å². The molecule has 2 aromatic carbocycles. The molecule has 1 N–H and O–H groups in total. The lowest BCUT2D eigenvalue weighted by Crippen LogP contribution is -2.12. The molecule has 124 valence electrons. The number of rotatable bonds is 6. The second-order valence-electron chi connectivity index (χ2n) is 5.09. The summed E-state index contributed by atoms with van der Waals surface area (Å²) in [5.41, 5.74) is 0.669. The summed E-state index contributed by atoms with van der Waals surface area (Å²) in [6.07, 6.45) is 0.895. The van der Waals surface area contributed by atoms with E-state index in [-0.39, 0.29) is 11.7 Å². The average Bonchev–Trinajstić information content (AvgIpc) is 2.94. The molecule has 0 aliphatic carbocycles. The minimum Gasteiger partial charge on any atom is -0.494 e. The second-order valence-corrected chi connectivity index (χ2v) is 6.55. The molecule has 1 aromatic heterocycles. The number of carbonyl (C=O) groups is 1. The van der Waals surface area contributed by atoms with Crippen molar-refractivity contribution >= 4 is 44.2 Å². The highest BCUT2D eigenvalue weighted by Gasteiger charge is 2.08. The largest absolute Gasteiger partial charge is 0.494 e. The van der Waals surface area contributed by atoms with Gasteiger partial charge in [-0.2, -0.15) is 0 Å². The van der Waals surface area contributed by atoms with E-state index in [0.717, 1.165) is 0 Å². The molecule has 0 saturated heterocycles. The second kappa shape index (κ2) is 7.59. The lowest BCUT2D eigenvalue weighted by Gasteiger charge is -2.06. The van der Waals surface area contributed by atoms with E-state index < -0.39 is 0 Å². The maximum atomic E-state index is 13.1. The first kappa shape index (κ1) is 16.7. The number of nitrogens with zero attached hydrogens (tertiary/aromatic N) is 1. The smallest absolute Gasteiger partial charge is 0.226 e. The topological polar surface area (TPSA) is 51.2 Å². The first-order chi connectivity index (χ1) is 11.6. The molecular weight excluding hydrogens is 351 g/mol. The summed E-state index contributed by atoms with van der Waals surface area (Å²) in [6, 6.07) is 11.4. The molecule has 7 heteroatoms. The molecule has 24 heavy (non-hydrogen) atoms. The Labute approximate surface area is 147 Å². The number of nitrogens with one attached hydrogen (secondary N) is 1. The molecule has 4 nitrogen and oxygen atoms in total. The van der Waals surface area contributed by atoms with Gasteiger partial charge in [0.15, 0.2) is 5.13 Å². The molecule has 0 radical (unpaired) electrons. The molecule has 0 aliphatic heterocycles. The SMILES string of the molecule is O=C(CCCOc1ccc(Cl)cc1)Nc1nc2ccc(F)cc2s1. The Balaban J connectivity index is 1.45. The van der Waals surface area contributed by atoms with E-state index in [4.69, 9.17) is 16.3 Å². The van der Waals surface area contributed by atoms with E-state index in [1.807, 2.05) is 0 Å². The minimum atomic E-state index is -0.316. The number of aromatic nitrogens is 1. The van der Waals surface area contributed by atoms with Crippen molar-refractivity contribution in [1.82, 2.24) is 4.98 Å². The van der Waals surface area contributed by atoms with Crippen LogP contribution in [0.2, 0.25) is 5.02 Å². The van der Waals surface area contributed by atoms with E-state index in [1.165, 1.54) is 23.5 Å². The molecule has 0 unspecified atom stereocenters. The van der Waals surface area contributed by atoms with Gasteiger partial charge >= 0.3 is 0 Å². The molecule has 1 amide bonds. The maximum Gasteiger partial charge on any atom is 0.226 e. The number of hydrogen-bond donors (Lipinski definition) is 1. The van der Waals surface area contributed by atoms with Crippen LogP contribution in [0, 0.1) is 5.82 Å². The number of benzene rings is 2. The van der Waals surface area contributed by atoms with Gasteiger partial charge in [-0.15, -0.1) is 0 Å². The lowest BCUT2D eigenvalue weighted by atomic mass is 10.3. The van der Waals surface area contributed by atoms with Gasteiger partial charge < -0.3 is 10.1 Å². The van der Waals surface area contributed by atoms with Crippen molar-refractivity contribution in [3.63, 3.8) is 0 Å². The fourth-order valence-corrected chi connectivity index (χ4v) is 3.12. The average molecular weight is 365 g/mol. The molecule has 0 fully saturated rings. The first-order valence-electron chi connectivity index (χ1n) is 7.34. The van der Waals surface area contributed by atoms with Gasteiger partial charge in [-0.1, -0.05) is 22.9 Å². The monoisotopic (exact) mass is 364 g/mol. The van der Waals surface area contributed by atoms with E-state index in [0.29, 0.717) is 45.6 Å². The molecule has 0 saturated carbocycles. The van der Waals surface area contributed by atoms with Gasteiger partial charge in [-0.3, -0.25) is 4.79 Å². The van der Waals surface area contributed by atoms with E-state index in [1.54, 1.807) is 30.3 Å². The Morgan fingerprint density at radius 2 is 2.04 bits per heavy atom. The van der Waals surface area contributed by atoms with E-state index in [9.17, 15) is 9.18 Å². The minimum absolute atomic E-state index is 0.144.